The van der Waals surface area contributed by atoms with Crippen molar-refractivity contribution in [3.63, 3.8) is 0 Å². The van der Waals surface area contributed by atoms with Crippen molar-refractivity contribution in [1.29, 1.82) is 0 Å². The molecule has 0 aliphatic carbocycles. The molecule has 0 aliphatic rings. The van der Waals surface area contributed by atoms with Gasteiger partial charge >= 0.3 is 19.8 Å². The van der Waals surface area contributed by atoms with Gasteiger partial charge in [-0.1, -0.05) is 167 Å². The van der Waals surface area contributed by atoms with Crippen molar-refractivity contribution >= 4 is 19.8 Å². The second-order valence-electron chi connectivity index (χ2n) is 14.7. The van der Waals surface area contributed by atoms with E-state index in [2.05, 4.69) is 30.5 Å². The van der Waals surface area contributed by atoms with Crippen molar-refractivity contribution in [2.24, 2.45) is 0 Å². The lowest BCUT2D eigenvalue weighted by Gasteiger charge is -2.20. The number of aliphatic hydroxyl groups is 2. The molecule has 0 rings (SSSR count). The summed E-state index contributed by atoms with van der Waals surface area (Å²) in [5.41, 5.74) is 0. The highest BCUT2D eigenvalue weighted by Gasteiger charge is 2.27. The van der Waals surface area contributed by atoms with Gasteiger partial charge in [-0.05, 0) is 38.5 Å². The number of carbonyl (C=O) groups is 2. The maximum atomic E-state index is 12.6. The summed E-state index contributed by atoms with van der Waals surface area (Å²) in [6, 6.07) is 0. The van der Waals surface area contributed by atoms with Gasteiger partial charge in [-0.3, -0.25) is 18.6 Å². The number of rotatable bonds is 41. The number of phosphoric acid groups is 1. The molecule has 0 aromatic carbocycles. The Hall–Kier alpha value is -1.29. The molecule has 0 heterocycles. The third-order valence-electron chi connectivity index (χ3n) is 9.42. The number of unbranched alkanes of at least 4 members (excludes halogenated alkanes) is 25. The first kappa shape index (κ1) is 51.7. The van der Waals surface area contributed by atoms with Crippen molar-refractivity contribution in [3.8, 4) is 0 Å². The summed E-state index contributed by atoms with van der Waals surface area (Å²) in [5, 5.41) is 18.3. The fraction of sp³-hybridized carbons (Fsp3) is 0.905. The van der Waals surface area contributed by atoms with E-state index in [0.29, 0.717) is 12.8 Å². The molecule has 314 valence electrons. The first-order valence-electron chi connectivity index (χ1n) is 21.6. The van der Waals surface area contributed by atoms with Gasteiger partial charge in [-0.15, -0.1) is 0 Å². The van der Waals surface area contributed by atoms with Gasteiger partial charge in [0.15, 0.2) is 6.10 Å². The summed E-state index contributed by atoms with van der Waals surface area (Å²) in [6.07, 6.45) is 36.0. The fourth-order valence-electron chi connectivity index (χ4n) is 6.05. The minimum Gasteiger partial charge on any atom is -0.462 e. The zero-order valence-corrected chi connectivity index (χ0v) is 34.9. The zero-order valence-electron chi connectivity index (χ0n) is 34.0. The molecule has 0 saturated carbocycles. The van der Waals surface area contributed by atoms with Crippen LogP contribution in [-0.4, -0.2) is 65.7 Å². The number of carbonyl (C=O) groups excluding carboxylic acids is 2. The third kappa shape index (κ3) is 38.8. The lowest BCUT2D eigenvalue weighted by Crippen LogP contribution is -2.29. The number of phosphoric ester groups is 1. The zero-order chi connectivity index (χ0) is 39.1. The first-order valence-corrected chi connectivity index (χ1v) is 23.1. The minimum atomic E-state index is -4.61. The van der Waals surface area contributed by atoms with E-state index in [4.69, 9.17) is 19.1 Å². The predicted octanol–water partition coefficient (Wildman–Crippen LogP) is 11.2. The van der Waals surface area contributed by atoms with Crippen molar-refractivity contribution < 1.29 is 47.8 Å². The molecule has 0 fully saturated rings. The Balaban J connectivity index is 4.26. The summed E-state index contributed by atoms with van der Waals surface area (Å²) in [7, 11) is -4.61. The quantitative estimate of drug-likeness (QED) is 0.0237. The van der Waals surface area contributed by atoms with E-state index in [-0.39, 0.29) is 19.4 Å². The van der Waals surface area contributed by atoms with Gasteiger partial charge in [0.05, 0.1) is 19.8 Å². The maximum Gasteiger partial charge on any atom is 0.472 e. The van der Waals surface area contributed by atoms with E-state index in [1.54, 1.807) is 0 Å². The first-order chi connectivity index (χ1) is 25.7. The Morgan fingerprint density at radius 1 is 0.547 bits per heavy atom. The second-order valence-corrected chi connectivity index (χ2v) is 16.2. The van der Waals surface area contributed by atoms with Crippen molar-refractivity contribution in [1.82, 2.24) is 0 Å². The van der Waals surface area contributed by atoms with E-state index >= 15 is 0 Å². The number of ether oxygens (including phenoxy) is 2. The predicted molar refractivity (Wildman–Crippen MR) is 215 cm³/mol. The lowest BCUT2D eigenvalue weighted by molar-refractivity contribution is -0.161. The van der Waals surface area contributed by atoms with Crippen LogP contribution in [0, 0.1) is 0 Å². The summed E-state index contributed by atoms with van der Waals surface area (Å²) in [4.78, 5) is 34.9. The van der Waals surface area contributed by atoms with Gasteiger partial charge in [0.2, 0.25) is 0 Å². The van der Waals surface area contributed by atoms with Crippen LogP contribution in [0.1, 0.15) is 206 Å². The van der Waals surface area contributed by atoms with Gasteiger partial charge in [-0.2, -0.15) is 0 Å². The molecular weight excluding hydrogens is 695 g/mol. The smallest absolute Gasteiger partial charge is 0.462 e. The molecule has 0 amide bonds. The molecule has 3 unspecified atom stereocenters. The molecule has 0 aliphatic heterocycles. The number of hydrogen-bond acceptors (Lipinski definition) is 9. The van der Waals surface area contributed by atoms with Crippen molar-refractivity contribution in [2.75, 3.05) is 26.4 Å². The molecule has 0 radical (unpaired) electrons. The van der Waals surface area contributed by atoms with Gasteiger partial charge in [-0.25, -0.2) is 4.57 Å². The van der Waals surface area contributed by atoms with Crippen LogP contribution in [0.5, 0.6) is 0 Å². The molecule has 0 aromatic heterocycles. The average molecular weight is 777 g/mol. The molecule has 0 bridgehead atoms. The molecule has 0 spiro atoms. The van der Waals surface area contributed by atoms with Gasteiger partial charge in [0.25, 0.3) is 0 Å². The number of aliphatic hydroxyl groups excluding tert-OH is 2. The monoisotopic (exact) mass is 777 g/mol. The lowest BCUT2D eigenvalue weighted by atomic mass is 10.0. The van der Waals surface area contributed by atoms with E-state index in [0.717, 1.165) is 44.9 Å². The third-order valence-corrected chi connectivity index (χ3v) is 10.4. The minimum absolute atomic E-state index is 0.183. The molecule has 0 aromatic rings. The Morgan fingerprint density at radius 3 is 1.36 bits per heavy atom. The van der Waals surface area contributed by atoms with Crippen LogP contribution < -0.4 is 0 Å². The van der Waals surface area contributed by atoms with Crippen LogP contribution in [0.4, 0.5) is 0 Å². The fourth-order valence-corrected chi connectivity index (χ4v) is 6.84. The standard InChI is InChI=1S/C42H81O10P/c1-3-5-7-9-11-13-15-17-18-19-20-21-22-24-26-28-30-32-34-42(46)52-40(38-51-53(47,48)50-36-39(44)35-43)37-49-41(45)33-31-29-27-25-23-16-14-12-10-8-6-4-2/h18-19,39-40,43-44H,3-17,20-38H2,1-2H3,(H,47,48)/b19-18-. The molecule has 3 N–H and O–H groups in total. The van der Waals surface area contributed by atoms with E-state index in [1.807, 2.05) is 0 Å². The average Bonchev–Trinajstić information content (AvgIpc) is 3.14. The number of allylic oxidation sites excluding steroid dienone is 2. The van der Waals surface area contributed by atoms with Crippen LogP contribution in [-0.2, 0) is 32.7 Å². The summed E-state index contributed by atoms with van der Waals surface area (Å²) < 4.78 is 32.7. The maximum absolute atomic E-state index is 12.6. The SMILES string of the molecule is CCCCCCCCC/C=C\CCCCCCCCCC(=O)OC(COC(=O)CCCCCCCCCCCCCC)COP(=O)(O)OCC(O)CO. The highest BCUT2D eigenvalue weighted by molar-refractivity contribution is 7.47. The van der Waals surface area contributed by atoms with Gasteiger partial charge < -0.3 is 24.6 Å². The van der Waals surface area contributed by atoms with E-state index < -0.39 is 51.8 Å². The summed E-state index contributed by atoms with van der Waals surface area (Å²) in [5.74, 6) is -0.921. The van der Waals surface area contributed by atoms with Crippen molar-refractivity contribution in [2.45, 2.75) is 219 Å². The van der Waals surface area contributed by atoms with Crippen molar-refractivity contribution in [3.05, 3.63) is 12.2 Å². The van der Waals surface area contributed by atoms with Gasteiger partial charge in [0.1, 0.15) is 12.7 Å². The number of hydrogen-bond donors (Lipinski definition) is 3. The topological polar surface area (TPSA) is 149 Å². The summed E-state index contributed by atoms with van der Waals surface area (Å²) in [6.45, 7) is 2.39. The Kier molecular flexibility index (Phi) is 38.0. The van der Waals surface area contributed by atoms with Crippen LogP contribution in [0.3, 0.4) is 0 Å². The molecule has 3 atom stereocenters. The Morgan fingerprint density at radius 2 is 0.925 bits per heavy atom. The Labute approximate surface area is 324 Å². The highest BCUT2D eigenvalue weighted by Crippen LogP contribution is 2.43. The molecule has 53 heavy (non-hydrogen) atoms. The Bertz CT molecular complexity index is 899. The normalized spacial score (nSPS) is 14.0. The van der Waals surface area contributed by atoms with E-state index in [1.165, 1.54) is 122 Å². The van der Waals surface area contributed by atoms with Crippen LogP contribution in [0.25, 0.3) is 0 Å². The van der Waals surface area contributed by atoms with Crippen LogP contribution >= 0.6 is 7.82 Å². The second kappa shape index (κ2) is 39.0. The summed E-state index contributed by atoms with van der Waals surface area (Å²) >= 11 is 0. The number of esters is 2. The molecule has 10 nitrogen and oxygen atoms in total. The van der Waals surface area contributed by atoms with Gasteiger partial charge in [0, 0.05) is 12.8 Å². The van der Waals surface area contributed by atoms with Crippen LogP contribution in [0.15, 0.2) is 12.2 Å². The van der Waals surface area contributed by atoms with Crippen LogP contribution in [0.2, 0.25) is 0 Å². The molecule has 11 heteroatoms. The van der Waals surface area contributed by atoms with E-state index in [9.17, 15) is 24.2 Å². The molecule has 0 saturated heterocycles. The molecular formula is C42H81O10P. The highest BCUT2D eigenvalue weighted by atomic mass is 31.2. The largest absolute Gasteiger partial charge is 0.472 e.